The summed E-state index contributed by atoms with van der Waals surface area (Å²) in [5.41, 5.74) is 0. The van der Waals surface area contributed by atoms with E-state index in [0.29, 0.717) is 13.1 Å². The van der Waals surface area contributed by atoms with Gasteiger partial charge in [0.15, 0.2) is 0 Å². The molecule has 1 aliphatic rings. The minimum Gasteiger partial charge on any atom is -0.467 e. The molecule has 6 heteroatoms. The van der Waals surface area contributed by atoms with Crippen molar-refractivity contribution in [2.24, 2.45) is 0 Å². The zero-order valence-corrected chi connectivity index (χ0v) is 12.7. The van der Waals surface area contributed by atoms with Crippen molar-refractivity contribution in [2.45, 2.75) is 26.3 Å². The molecule has 21 heavy (non-hydrogen) atoms. The summed E-state index contributed by atoms with van der Waals surface area (Å²) < 4.78 is 5.27. The Morgan fingerprint density at radius 2 is 2.14 bits per heavy atom. The van der Waals surface area contributed by atoms with Gasteiger partial charge in [-0.1, -0.05) is 0 Å². The number of rotatable bonds is 4. The van der Waals surface area contributed by atoms with Gasteiger partial charge in [-0.3, -0.25) is 14.5 Å². The molecule has 0 bridgehead atoms. The average Bonchev–Trinajstić information content (AvgIpc) is 2.86. The van der Waals surface area contributed by atoms with Crippen LogP contribution < -0.4 is 5.32 Å². The Bertz CT molecular complexity index is 473. The first kappa shape index (κ1) is 15.6. The van der Waals surface area contributed by atoms with Crippen LogP contribution in [0.5, 0.6) is 0 Å². The Morgan fingerprint density at radius 1 is 1.33 bits per heavy atom. The number of nitrogens with one attached hydrogen (secondary N) is 1. The van der Waals surface area contributed by atoms with Gasteiger partial charge in [0.05, 0.1) is 18.8 Å². The molecule has 1 unspecified atom stereocenters. The van der Waals surface area contributed by atoms with Crippen LogP contribution in [0, 0.1) is 0 Å². The van der Waals surface area contributed by atoms with E-state index < -0.39 is 0 Å². The third kappa shape index (κ3) is 4.60. The van der Waals surface area contributed by atoms with Gasteiger partial charge in [-0.05, 0) is 25.5 Å². The molecule has 0 radical (unpaired) electrons. The molecule has 2 amide bonds. The molecule has 6 nitrogen and oxygen atoms in total. The second kappa shape index (κ2) is 7.26. The summed E-state index contributed by atoms with van der Waals surface area (Å²) in [5, 5.41) is 2.93. The van der Waals surface area contributed by atoms with Crippen LogP contribution in [0.1, 0.15) is 32.1 Å². The van der Waals surface area contributed by atoms with Crippen LogP contribution in [0.4, 0.5) is 0 Å². The molecule has 2 heterocycles. The molecule has 2 rings (SSSR count). The van der Waals surface area contributed by atoms with E-state index in [-0.39, 0.29) is 17.9 Å². The molecule has 1 atom stereocenters. The zero-order chi connectivity index (χ0) is 15.2. The zero-order valence-electron chi connectivity index (χ0n) is 12.7. The number of hydrogen-bond donors (Lipinski definition) is 1. The highest BCUT2D eigenvalue weighted by Crippen LogP contribution is 2.12. The van der Waals surface area contributed by atoms with Gasteiger partial charge in [0.1, 0.15) is 5.76 Å². The number of amides is 2. The monoisotopic (exact) mass is 293 g/mol. The summed E-state index contributed by atoms with van der Waals surface area (Å²) >= 11 is 0. The molecule has 0 saturated carbocycles. The lowest BCUT2D eigenvalue weighted by Crippen LogP contribution is -2.40. The summed E-state index contributed by atoms with van der Waals surface area (Å²) in [5.74, 6) is 0.838. The lowest BCUT2D eigenvalue weighted by Gasteiger charge is -2.21. The third-order valence-corrected chi connectivity index (χ3v) is 3.75. The standard InChI is InChI=1S/C15H23N3O3/c1-12(14-5-3-10-21-14)16-15(20)11-17-6-4-7-18(9-8-17)13(2)19/h3,5,10,12H,4,6-9,11H2,1-2H3,(H,16,20). The van der Waals surface area contributed by atoms with E-state index >= 15 is 0 Å². The van der Waals surface area contributed by atoms with Gasteiger partial charge in [0, 0.05) is 33.1 Å². The lowest BCUT2D eigenvalue weighted by atomic mass is 10.2. The van der Waals surface area contributed by atoms with Crippen molar-refractivity contribution in [3.8, 4) is 0 Å². The highest BCUT2D eigenvalue weighted by atomic mass is 16.3. The second-order valence-electron chi connectivity index (χ2n) is 5.44. The molecule has 116 valence electrons. The molecular formula is C15H23N3O3. The Balaban J connectivity index is 1.78. The van der Waals surface area contributed by atoms with E-state index in [9.17, 15) is 9.59 Å². The van der Waals surface area contributed by atoms with Crippen LogP contribution in [0.3, 0.4) is 0 Å². The number of carbonyl (C=O) groups excluding carboxylic acids is 2. The molecular weight excluding hydrogens is 270 g/mol. The van der Waals surface area contributed by atoms with Crippen molar-refractivity contribution in [3.63, 3.8) is 0 Å². The van der Waals surface area contributed by atoms with Crippen molar-refractivity contribution in [3.05, 3.63) is 24.2 Å². The SMILES string of the molecule is CC(=O)N1CCCN(CC(=O)NC(C)c2ccco2)CC1. The van der Waals surface area contributed by atoms with Crippen LogP contribution in [-0.2, 0) is 9.59 Å². The quantitative estimate of drug-likeness (QED) is 0.900. The van der Waals surface area contributed by atoms with Gasteiger partial charge in [-0.2, -0.15) is 0 Å². The maximum Gasteiger partial charge on any atom is 0.234 e. The fraction of sp³-hybridized carbons (Fsp3) is 0.600. The first-order valence-electron chi connectivity index (χ1n) is 7.37. The average molecular weight is 293 g/mol. The predicted molar refractivity (Wildman–Crippen MR) is 78.6 cm³/mol. The maximum absolute atomic E-state index is 12.1. The van der Waals surface area contributed by atoms with Crippen LogP contribution in [-0.4, -0.2) is 54.3 Å². The van der Waals surface area contributed by atoms with Crippen molar-refractivity contribution in [2.75, 3.05) is 32.7 Å². The fourth-order valence-corrected chi connectivity index (χ4v) is 2.54. The number of nitrogens with zero attached hydrogens (tertiary/aromatic N) is 2. The number of hydrogen-bond acceptors (Lipinski definition) is 4. The Hall–Kier alpha value is -1.82. The second-order valence-corrected chi connectivity index (χ2v) is 5.44. The van der Waals surface area contributed by atoms with Gasteiger partial charge in [-0.15, -0.1) is 0 Å². The molecule has 0 spiro atoms. The largest absolute Gasteiger partial charge is 0.467 e. The summed E-state index contributed by atoms with van der Waals surface area (Å²) in [4.78, 5) is 27.4. The van der Waals surface area contributed by atoms with Gasteiger partial charge < -0.3 is 14.6 Å². The molecule has 1 aromatic rings. The summed E-state index contributed by atoms with van der Waals surface area (Å²) in [6.07, 6.45) is 2.50. The lowest BCUT2D eigenvalue weighted by molar-refractivity contribution is -0.128. The van der Waals surface area contributed by atoms with Gasteiger partial charge >= 0.3 is 0 Å². The Morgan fingerprint density at radius 3 is 2.81 bits per heavy atom. The van der Waals surface area contributed by atoms with E-state index in [1.54, 1.807) is 13.2 Å². The van der Waals surface area contributed by atoms with Gasteiger partial charge in [0.25, 0.3) is 0 Å². The highest BCUT2D eigenvalue weighted by molar-refractivity contribution is 5.78. The van der Waals surface area contributed by atoms with E-state index in [1.165, 1.54) is 0 Å². The van der Waals surface area contributed by atoms with E-state index in [1.807, 2.05) is 24.0 Å². The van der Waals surface area contributed by atoms with Crippen LogP contribution in [0.15, 0.2) is 22.8 Å². The van der Waals surface area contributed by atoms with E-state index in [2.05, 4.69) is 10.2 Å². The highest BCUT2D eigenvalue weighted by Gasteiger charge is 2.19. The summed E-state index contributed by atoms with van der Waals surface area (Å²) in [7, 11) is 0. The molecule has 1 fully saturated rings. The van der Waals surface area contributed by atoms with Gasteiger partial charge in [-0.25, -0.2) is 0 Å². The molecule has 1 saturated heterocycles. The predicted octanol–water partition coefficient (Wildman–Crippen LogP) is 1.01. The molecule has 0 aromatic carbocycles. The number of furan rings is 1. The van der Waals surface area contributed by atoms with Crippen molar-refractivity contribution in [1.82, 2.24) is 15.1 Å². The van der Waals surface area contributed by atoms with Crippen LogP contribution in [0.25, 0.3) is 0 Å². The fourth-order valence-electron chi connectivity index (χ4n) is 2.54. The Labute approximate surface area is 125 Å². The van der Waals surface area contributed by atoms with Crippen molar-refractivity contribution in [1.29, 1.82) is 0 Å². The summed E-state index contributed by atoms with van der Waals surface area (Å²) in [6.45, 7) is 6.89. The number of carbonyl (C=O) groups is 2. The van der Waals surface area contributed by atoms with Crippen LogP contribution >= 0.6 is 0 Å². The third-order valence-electron chi connectivity index (χ3n) is 3.75. The van der Waals surface area contributed by atoms with Crippen molar-refractivity contribution >= 4 is 11.8 Å². The minimum absolute atomic E-state index is 0.0184. The topological polar surface area (TPSA) is 65.8 Å². The smallest absolute Gasteiger partial charge is 0.234 e. The molecule has 0 aliphatic carbocycles. The van der Waals surface area contributed by atoms with E-state index in [4.69, 9.17) is 4.42 Å². The normalized spacial score (nSPS) is 18.1. The summed E-state index contributed by atoms with van der Waals surface area (Å²) in [6, 6.07) is 3.53. The van der Waals surface area contributed by atoms with Crippen molar-refractivity contribution < 1.29 is 14.0 Å². The first-order valence-corrected chi connectivity index (χ1v) is 7.37. The van der Waals surface area contributed by atoms with Gasteiger partial charge in [0.2, 0.25) is 11.8 Å². The van der Waals surface area contributed by atoms with Crippen LogP contribution in [0.2, 0.25) is 0 Å². The maximum atomic E-state index is 12.1. The Kier molecular flexibility index (Phi) is 5.38. The molecule has 1 aliphatic heterocycles. The minimum atomic E-state index is -0.131. The first-order chi connectivity index (χ1) is 10.1. The van der Waals surface area contributed by atoms with E-state index in [0.717, 1.165) is 31.8 Å². The molecule has 1 aromatic heterocycles. The molecule has 1 N–H and O–H groups in total.